The highest BCUT2D eigenvalue weighted by Crippen LogP contribution is 2.56. The Labute approximate surface area is 170 Å². The molecule has 28 heavy (non-hydrogen) atoms. The monoisotopic (exact) mass is 408 g/mol. The number of carbonyl (C=O) groups is 1. The fourth-order valence-corrected chi connectivity index (χ4v) is 4.26. The maximum absolute atomic E-state index is 13.9. The van der Waals surface area contributed by atoms with Gasteiger partial charge in [0.25, 0.3) is 5.91 Å². The molecule has 1 spiro atoms. The van der Waals surface area contributed by atoms with Gasteiger partial charge in [-0.3, -0.25) is 4.79 Å². The van der Waals surface area contributed by atoms with Gasteiger partial charge in [0.15, 0.2) is 0 Å². The van der Waals surface area contributed by atoms with Crippen LogP contribution in [0.5, 0.6) is 5.75 Å². The molecule has 2 fully saturated rings. The van der Waals surface area contributed by atoms with Crippen LogP contribution in [-0.4, -0.2) is 46.6 Å². The van der Waals surface area contributed by atoms with Crippen LogP contribution < -0.4 is 10.1 Å². The van der Waals surface area contributed by atoms with Crippen molar-refractivity contribution >= 4 is 18.3 Å². The van der Waals surface area contributed by atoms with Gasteiger partial charge in [-0.05, 0) is 56.0 Å². The number of aromatic nitrogens is 2. The second kappa shape index (κ2) is 8.09. The number of nitrogens with zero attached hydrogens (tertiary/aromatic N) is 3. The third-order valence-corrected chi connectivity index (χ3v) is 6.01. The Morgan fingerprint density at radius 2 is 2.18 bits per heavy atom. The molecule has 4 rings (SSSR count). The average Bonchev–Trinajstić information content (AvgIpc) is 3.19. The molecule has 2 aliphatic rings. The average molecular weight is 409 g/mol. The first kappa shape index (κ1) is 20.6. The molecule has 0 bridgehead atoms. The molecule has 8 heteroatoms. The number of imidazole rings is 1. The van der Waals surface area contributed by atoms with Crippen molar-refractivity contribution in [1.29, 1.82) is 0 Å². The molecule has 1 aromatic heterocycles. The summed E-state index contributed by atoms with van der Waals surface area (Å²) < 4.78 is 21.1. The number of hydrogen-bond donors (Lipinski definition) is 1. The first-order valence-electron chi connectivity index (χ1n) is 9.35. The molecule has 1 unspecified atom stereocenters. The van der Waals surface area contributed by atoms with Gasteiger partial charge < -0.3 is 19.5 Å². The summed E-state index contributed by atoms with van der Waals surface area (Å²) in [6.45, 7) is 2.36. The van der Waals surface area contributed by atoms with E-state index in [0.717, 1.165) is 38.2 Å². The fraction of sp³-hybridized carbons (Fsp3) is 0.500. The van der Waals surface area contributed by atoms with E-state index in [0.29, 0.717) is 12.3 Å². The van der Waals surface area contributed by atoms with Gasteiger partial charge in [-0.15, -0.1) is 12.4 Å². The minimum absolute atomic E-state index is 0. The molecule has 152 valence electrons. The summed E-state index contributed by atoms with van der Waals surface area (Å²) in [6.07, 6.45) is 6.70. The fourth-order valence-electron chi connectivity index (χ4n) is 4.26. The zero-order chi connectivity index (χ0) is 19.0. The Kier molecular flexibility index (Phi) is 5.95. The summed E-state index contributed by atoms with van der Waals surface area (Å²) in [5, 5.41) is 3.39. The maximum Gasteiger partial charge on any atom is 0.258 e. The van der Waals surface area contributed by atoms with Crippen molar-refractivity contribution in [2.75, 3.05) is 20.2 Å². The number of benzene rings is 1. The Hall–Kier alpha value is -2.12. The lowest BCUT2D eigenvalue weighted by atomic mass is 9.93. The van der Waals surface area contributed by atoms with Crippen molar-refractivity contribution in [2.24, 2.45) is 12.5 Å². The van der Waals surface area contributed by atoms with Gasteiger partial charge in [0.05, 0.1) is 19.2 Å². The van der Waals surface area contributed by atoms with Gasteiger partial charge in [0.1, 0.15) is 17.4 Å². The summed E-state index contributed by atoms with van der Waals surface area (Å²) in [5.74, 6) is 0.569. The molecule has 6 nitrogen and oxygen atoms in total. The van der Waals surface area contributed by atoms with Crippen LogP contribution in [0.2, 0.25) is 0 Å². The third kappa shape index (κ3) is 3.73. The van der Waals surface area contributed by atoms with Gasteiger partial charge in [-0.25, -0.2) is 9.37 Å². The van der Waals surface area contributed by atoms with Gasteiger partial charge in [-0.2, -0.15) is 0 Å². The summed E-state index contributed by atoms with van der Waals surface area (Å²) in [4.78, 5) is 19.7. The Bertz CT molecular complexity index is 850. The number of aryl methyl sites for hydroxylation is 1. The summed E-state index contributed by atoms with van der Waals surface area (Å²) in [6, 6.07) is 4.24. The smallest absolute Gasteiger partial charge is 0.258 e. The highest BCUT2D eigenvalue weighted by molar-refractivity contribution is 5.97. The number of carbonyl (C=O) groups excluding carboxylic acids is 1. The number of hydrogen-bond acceptors (Lipinski definition) is 4. The molecule has 1 aromatic carbocycles. The number of amides is 1. The first-order chi connectivity index (χ1) is 13.0. The van der Waals surface area contributed by atoms with Gasteiger partial charge in [-0.1, -0.05) is 0 Å². The molecular formula is C20H26ClFN4O2. The van der Waals surface area contributed by atoms with E-state index >= 15 is 0 Å². The Morgan fingerprint density at radius 1 is 1.43 bits per heavy atom. The van der Waals surface area contributed by atoms with E-state index in [1.807, 2.05) is 22.7 Å². The summed E-state index contributed by atoms with van der Waals surface area (Å²) >= 11 is 0. The molecular weight excluding hydrogens is 383 g/mol. The number of methoxy groups -OCH3 is 1. The predicted molar refractivity (Wildman–Crippen MR) is 106 cm³/mol. The van der Waals surface area contributed by atoms with Crippen LogP contribution in [0.15, 0.2) is 30.6 Å². The largest absolute Gasteiger partial charge is 0.496 e. The molecule has 1 amide bonds. The van der Waals surface area contributed by atoms with E-state index in [4.69, 9.17) is 4.74 Å². The molecule has 2 heterocycles. The number of piperidine rings is 1. The van der Waals surface area contributed by atoms with Crippen molar-refractivity contribution in [3.63, 3.8) is 0 Å². The van der Waals surface area contributed by atoms with Gasteiger partial charge in [0, 0.05) is 25.5 Å². The van der Waals surface area contributed by atoms with Crippen LogP contribution in [-0.2, 0) is 13.6 Å². The zero-order valence-electron chi connectivity index (χ0n) is 16.2. The van der Waals surface area contributed by atoms with Crippen LogP contribution >= 0.6 is 12.4 Å². The van der Waals surface area contributed by atoms with Crippen LogP contribution in [0.1, 0.15) is 35.4 Å². The van der Waals surface area contributed by atoms with E-state index in [1.165, 1.54) is 25.3 Å². The summed E-state index contributed by atoms with van der Waals surface area (Å²) in [5.41, 5.74) is 0.440. The van der Waals surface area contributed by atoms with Crippen molar-refractivity contribution in [1.82, 2.24) is 19.8 Å². The predicted octanol–water partition coefficient (Wildman–Crippen LogP) is 2.77. The van der Waals surface area contributed by atoms with Crippen LogP contribution in [0.3, 0.4) is 0 Å². The molecule has 1 saturated carbocycles. The van der Waals surface area contributed by atoms with E-state index in [-0.39, 0.29) is 35.3 Å². The second-order valence-corrected chi connectivity index (χ2v) is 7.56. The van der Waals surface area contributed by atoms with Crippen molar-refractivity contribution in [3.05, 3.63) is 47.8 Å². The standard InChI is InChI=1S/C20H25FN4O2.ClH/c1-24-10-9-23-18(24)13-25(17-12-20(17)5-7-22-8-6-20)19(26)15-11-14(21)3-4-16(15)27-2;/h3-4,9-11,17,22H,5-8,12-13H2,1-2H3;1H. The Balaban J connectivity index is 0.00000225. The Morgan fingerprint density at radius 3 is 2.82 bits per heavy atom. The lowest BCUT2D eigenvalue weighted by Gasteiger charge is -2.30. The number of ether oxygens (including phenoxy) is 1. The molecule has 1 saturated heterocycles. The maximum atomic E-state index is 13.9. The van der Waals surface area contributed by atoms with E-state index in [9.17, 15) is 9.18 Å². The van der Waals surface area contributed by atoms with Crippen LogP contribution in [0, 0.1) is 11.2 Å². The van der Waals surface area contributed by atoms with Crippen LogP contribution in [0.25, 0.3) is 0 Å². The van der Waals surface area contributed by atoms with Crippen molar-refractivity contribution < 1.29 is 13.9 Å². The van der Waals surface area contributed by atoms with Crippen molar-refractivity contribution in [2.45, 2.75) is 31.8 Å². The molecule has 2 aromatic rings. The number of nitrogens with one attached hydrogen (secondary N) is 1. The molecule has 1 aliphatic carbocycles. The highest BCUT2D eigenvalue weighted by atomic mass is 35.5. The lowest BCUT2D eigenvalue weighted by molar-refractivity contribution is 0.0681. The van der Waals surface area contributed by atoms with Crippen LogP contribution in [0.4, 0.5) is 4.39 Å². The minimum atomic E-state index is -0.441. The topological polar surface area (TPSA) is 59.4 Å². The van der Waals surface area contributed by atoms with E-state index in [1.54, 1.807) is 6.20 Å². The lowest BCUT2D eigenvalue weighted by Crippen LogP contribution is -2.39. The minimum Gasteiger partial charge on any atom is -0.496 e. The third-order valence-electron chi connectivity index (χ3n) is 6.01. The molecule has 1 N–H and O–H groups in total. The van der Waals surface area contributed by atoms with E-state index < -0.39 is 5.82 Å². The van der Waals surface area contributed by atoms with Crippen molar-refractivity contribution in [3.8, 4) is 5.75 Å². The SMILES string of the molecule is COc1ccc(F)cc1C(=O)N(Cc1nccn1C)C1CC12CCNCC2.Cl. The first-order valence-corrected chi connectivity index (χ1v) is 9.35. The zero-order valence-corrected chi connectivity index (χ0v) is 17.0. The molecule has 1 aliphatic heterocycles. The summed E-state index contributed by atoms with van der Waals surface area (Å²) in [7, 11) is 3.42. The number of halogens is 2. The van der Waals surface area contributed by atoms with E-state index in [2.05, 4.69) is 10.3 Å². The van der Waals surface area contributed by atoms with Gasteiger partial charge >= 0.3 is 0 Å². The molecule has 0 radical (unpaired) electrons. The van der Waals surface area contributed by atoms with Gasteiger partial charge in [0.2, 0.25) is 0 Å². The quantitative estimate of drug-likeness (QED) is 0.826. The molecule has 1 atom stereocenters. The second-order valence-electron chi connectivity index (χ2n) is 7.56. The normalized spacial score (nSPS) is 19.8. The number of rotatable bonds is 5. The highest BCUT2D eigenvalue weighted by Gasteiger charge is 2.58.